The van der Waals surface area contributed by atoms with Crippen molar-refractivity contribution in [1.82, 2.24) is 4.90 Å². The minimum absolute atomic E-state index is 0.111. The van der Waals surface area contributed by atoms with Gasteiger partial charge in [0.05, 0.1) is 24.8 Å². The van der Waals surface area contributed by atoms with E-state index in [0.717, 1.165) is 74.0 Å². The Balaban J connectivity index is 1.70. The molecule has 308 valence electrons. The van der Waals surface area contributed by atoms with Crippen molar-refractivity contribution in [3.05, 3.63) is 60.7 Å². The first-order chi connectivity index (χ1) is 26.9. The molecule has 1 fully saturated rings. The van der Waals surface area contributed by atoms with Crippen molar-refractivity contribution in [3.63, 3.8) is 0 Å². The predicted molar refractivity (Wildman–Crippen MR) is 219 cm³/mol. The van der Waals surface area contributed by atoms with Crippen molar-refractivity contribution in [3.8, 4) is 11.5 Å². The fourth-order valence-electron chi connectivity index (χ4n) is 9.06. The van der Waals surface area contributed by atoms with Gasteiger partial charge in [-0.25, -0.2) is 4.79 Å². The molecule has 1 aromatic rings. The van der Waals surface area contributed by atoms with Crippen LogP contribution in [0.3, 0.4) is 0 Å². The molecule has 6 atom stereocenters. The number of ether oxygens (including phenoxy) is 4. The highest BCUT2D eigenvalue weighted by atomic mass is 16.7. The Morgan fingerprint density at radius 1 is 0.945 bits per heavy atom. The van der Waals surface area contributed by atoms with E-state index in [1.165, 1.54) is 44.9 Å². The third-order valence-corrected chi connectivity index (χ3v) is 11.7. The maximum Gasteiger partial charge on any atom is 0.409 e. The van der Waals surface area contributed by atoms with Gasteiger partial charge in [-0.2, -0.15) is 0 Å². The minimum atomic E-state index is -1.30. The van der Waals surface area contributed by atoms with Crippen LogP contribution in [0.1, 0.15) is 128 Å². The van der Waals surface area contributed by atoms with Gasteiger partial charge in [0.1, 0.15) is 31.3 Å². The van der Waals surface area contributed by atoms with E-state index in [9.17, 15) is 15.0 Å². The molecule has 1 heterocycles. The number of hydrogen-bond acceptors (Lipinski definition) is 9. The number of nitrogens with zero attached hydrogens (tertiary/aromatic N) is 2. The molecule has 0 bridgehead atoms. The number of rotatable bonds is 27. The summed E-state index contributed by atoms with van der Waals surface area (Å²) in [5.41, 5.74) is 2.76. The molecule has 4 rings (SSSR count). The van der Waals surface area contributed by atoms with Crippen LogP contribution < -0.4 is 9.47 Å². The monoisotopic (exact) mass is 767 g/mol. The Kier molecular flexibility index (Phi) is 19.1. The standard InChI is InChI=1S/C45H70N2O8/c1-6-9-10-11-12-13-14-15-16-21-30-53-44(50)47(4)41-33-39(46-51-5)37-31-34(22-17-19-26-48)36(23-18-20-27-49)42-38-32-35(52-28-7-2)24-25-40(38)55-45(41,43(37)42)54-29-8-3/h7-8,24-25,31-32,34,36,41-43,48-49H,2-3,6,9-23,26-30,33H2,1,4-5H3/t34-,36+,41-,42+,43+,45+/m0/s1. The summed E-state index contributed by atoms with van der Waals surface area (Å²) in [4.78, 5) is 21.1. The summed E-state index contributed by atoms with van der Waals surface area (Å²) in [5.74, 6) is -0.0850. The van der Waals surface area contributed by atoms with Crippen molar-refractivity contribution in [2.45, 2.75) is 134 Å². The highest BCUT2D eigenvalue weighted by Crippen LogP contribution is 2.61. The van der Waals surface area contributed by atoms with E-state index in [4.69, 9.17) is 23.8 Å². The molecule has 1 aromatic carbocycles. The first-order valence-electron chi connectivity index (χ1n) is 21.1. The number of aliphatic hydroxyl groups is 2. The predicted octanol–water partition coefficient (Wildman–Crippen LogP) is 9.50. The number of amides is 1. The topological polar surface area (TPSA) is 119 Å². The second-order valence-electron chi connectivity index (χ2n) is 15.5. The molecule has 0 radical (unpaired) electrons. The van der Waals surface area contributed by atoms with E-state index in [0.29, 0.717) is 31.8 Å². The summed E-state index contributed by atoms with van der Waals surface area (Å²) in [6.07, 6.45) is 22.6. The third-order valence-electron chi connectivity index (χ3n) is 11.7. The molecule has 55 heavy (non-hydrogen) atoms. The van der Waals surface area contributed by atoms with E-state index >= 15 is 0 Å². The minimum Gasteiger partial charge on any atom is -0.490 e. The number of likely N-dealkylation sites (N-methyl/N-ethyl adjacent to an activating group) is 1. The Hall–Kier alpha value is -3.34. The smallest absolute Gasteiger partial charge is 0.409 e. The molecule has 3 aliphatic rings. The second kappa shape index (κ2) is 23.7. The number of carbonyl (C=O) groups is 1. The molecule has 0 spiro atoms. The molecule has 10 heteroatoms. The van der Waals surface area contributed by atoms with Gasteiger partial charge in [-0.3, -0.25) is 0 Å². The molecule has 0 saturated heterocycles. The van der Waals surface area contributed by atoms with Crippen LogP contribution in [0.4, 0.5) is 4.79 Å². The Labute approximate surface area is 331 Å². The van der Waals surface area contributed by atoms with Crippen LogP contribution in [0, 0.1) is 17.8 Å². The summed E-state index contributed by atoms with van der Waals surface area (Å²) in [6.45, 7) is 11.3. The highest BCUT2D eigenvalue weighted by Gasteiger charge is 2.65. The molecule has 0 unspecified atom stereocenters. The molecule has 2 N–H and O–H groups in total. The third kappa shape index (κ3) is 11.6. The number of allylic oxidation sites excluding steroid dienone is 1. The van der Waals surface area contributed by atoms with Gasteiger partial charge in [-0.1, -0.05) is 108 Å². The molecular weight excluding hydrogens is 697 g/mol. The average molecular weight is 767 g/mol. The van der Waals surface area contributed by atoms with Crippen LogP contribution in [0.5, 0.6) is 11.5 Å². The van der Waals surface area contributed by atoms with E-state index in [1.807, 2.05) is 12.1 Å². The molecule has 1 amide bonds. The van der Waals surface area contributed by atoms with E-state index in [-0.39, 0.29) is 43.5 Å². The lowest BCUT2D eigenvalue weighted by atomic mass is 9.55. The Morgan fingerprint density at radius 3 is 2.27 bits per heavy atom. The van der Waals surface area contributed by atoms with Crippen LogP contribution in [0.2, 0.25) is 0 Å². The number of benzene rings is 1. The Morgan fingerprint density at radius 2 is 1.62 bits per heavy atom. The van der Waals surface area contributed by atoms with Crippen LogP contribution in [0.15, 0.2) is 60.3 Å². The van der Waals surface area contributed by atoms with Crippen LogP contribution in [0.25, 0.3) is 0 Å². The normalized spacial score (nSPS) is 24.6. The van der Waals surface area contributed by atoms with Gasteiger partial charge in [-0.15, -0.1) is 6.58 Å². The van der Waals surface area contributed by atoms with Crippen LogP contribution >= 0.6 is 0 Å². The van der Waals surface area contributed by atoms with Crippen molar-refractivity contribution >= 4 is 11.8 Å². The van der Waals surface area contributed by atoms with Gasteiger partial charge in [0.2, 0.25) is 5.79 Å². The maximum absolute atomic E-state index is 14.0. The molecule has 1 aliphatic heterocycles. The number of fused-ring (bicyclic) bond motifs is 2. The fourth-order valence-corrected chi connectivity index (χ4v) is 9.06. The quantitative estimate of drug-likeness (QED) is 0.0517. The van der Waals surface area contributed by atoms with Crippen LogP contribution in [-0.4, -0.2) is 85.9 Å². The van der Waals surface area contributed by atoms with Crippen LogP contribution in [-0.2, 0) is 14.3 Å². The lowest BCUT2D eigenvalue weighted by molar-refractivity contribution is -0.253. The zero-order valence-electron chi connectivity index (χ0n) is 34.1. The number of unbranched alkanes of at least 4 members (excludes halogenated alkanes) is 11. The number of aliphatic hydroxyl groups excluding tert-OH is 2. The SMILES string of the molecule is C=CCOc1ccc2c(c1)[C@H]1[C@H](CCCCO)[C@@H](CCCCO)C=C3C(=NOC)C[C@H](N(C)C(=O)OCCCCCCCCCCCC)[C@@](OCC=C)(O2)[C@H]31. The summed E-state index contributed by atoms with van der Waals surface area (Å²) in [6, 6.07) is 5.32. The van der Waals surface area contributed by atoms with Gasteiger partial charge in [0.15, 0.2) is 0 Å². The lowest BCUT2D eigenvalue weighted by Crippen LogP contribution is -2.69. The summed E-state index contributed by atoms with van der Waals surface area (Å²) >= 11 is 0. The molecule has 2 aliphatic carbocycles. The van der Waals surface area contributed by atoms with Crippen molar-refractivity contribution in [2.75, 3.05) is 47.2 Å². The summed E-state index contributed by atoms with van der Waals surface area (Å²) in [7, 11) is 3.32. The molecule has 0 aromatic heterocycles. The maximum atomic E-state index is 14.0. The highest BCUT2D eigenvalue weighted by molar-refractivity contribution is 6.02. The lowest BCUT2D eigenvalue weighted by Gasteiger charge is -2.59. The zero-order valence-corrected chi connectivity index (χ0v) is 34.1. The fraction of sp³-hybridized carbons (Fsp3) is 0.689. The summed E-state index contributed by atoms with van der Waals surface area (Å²) in [5, 5.41) is 24.1. The van der Waals surface area contributed by atoms with Crippen molar-refractivity contribution < 1.29 is 38.8 Å². The van der Waals surface area contributed by atoms with Crippen molar-refractivity contribution in [1.29, 1.82) is 0 Å². The van der Waals surface area contributed by atoms with Gasteiger partial charge < -0.3 is 38.9 Å². The van der Waals surface area contributed by atoms with Gasteiger partial charge >= 0.3 is 6.09 Å². The summed E-state index contributed by atoms with van der Waals surface area (Å²) < 4.78 is 26.0. The average Bonchev–Trinajstić information content (AvgIpc) is 3.19. The Bertz CT molecular complexity index is 1400. The van der Waals surface area contributed by atoms with Crippen molar-refractivity contribution in [2.24, 2.45) is 22.9 Å². The van der Waals surface area contributed by atoms with Gasteiger partial charge in [0, 0.05) is 38.2 Å². The van der Waals surface area contributed by atoms with Gasteiger partial charge in [0.25, 0.3) is 0 Å². The zero-order chi connectivity index (χ0) is 39.5. The number of oxime groups is 1. The number of hydrogen-bond donors (Lipinski definition) is 2. The number of carbonyl (C=O) groups excluding carboxylic acids is 1. The largest absolute Gasteiger partial charge is 0.490 e. The van der Waals surface area contributed by atoms with E-state index in [1.54, 1.807) is 31.2 Å². The van der Waals surface area contributed by atoms with E-state index < -0.39 is 17.9 Å². The first kappa shape index (κ1) is 44.4. The molecular formula is C45H70N2O8. The molecule has 10 nitrogen and oxygen atoms in total. The molecule has 1 saturated carbocycles. The second-order valence-corrected chi connectivity index (χ2v) is 15.5. The van der Waals surface area contributed by atoms with Gasteiger partial charge in [-0.05, 0) is 67.7 Å². The van der Waals surface area contributed by atoms with E-state index in [2.05, 4.69) is 37.4 Å². The first-order valence-corrected chi connectivity index (χ1v) is 21.1.